The van der Waals surface area contributed by atoms with Gasteiger partial charge in [0.2, 0.25) is 5.91 Å². The van der Waals surface area contributed by atoms with Gasteiger partial charge >= 0.3 is 0 Å². The molecular formula is C15H29N3O2. The number of carbonyl (C=O) groups is 1. The van der Waals surface area contributed by atoms with Crippen molar-refractivity contribution in [3.63, 3.8) is 0 Å². The molecule has 2 atom stereocenters. The van der Waals surface area contributed by atoms with Crippen molar-refractivity contribution in [2.24, 2.45) is 0 Å². The largest absolute Gasteiger partial charge is 0.392 e. The number of aliphatic hydroxyl groups excluding tert-OH is 1. The van der Waals surface area contributed by atoms with Crippen LogP contribution in [0.4, 0.5) is 0 Å². The normalized spacial score (nSPS) is 27.2. The molecule has 2 aliphatic heterocycles. The second-order valence-corrected chi connectivity index (χ2v) is 6.33. The molecule has 0 saturated carbocycles. The summed E-state index contributed by atoms with van der Waals surface area (Å²) in [7, 11) is 0. The van der Waals surface area contributed by atoms with E-state index in [1.165, 1.54) is 0 Å². The van der Waals surface area contributed by atoms with E-state index in [0.717, 1.165) is 65.1 Å². The van der Waals surface area contributed by atoms with Crippen molar-refractivity contribution in [1.82, 2.24) is 14.7 Å². The van der Waals surface area contributed by atoms with Gasteiger partial charge in [-0.3, -0.25) is 9.69 Å². The van der Waals surface area contributed by atoms with E-state index in [-0.39, 0.29) is 6.10 Å². The first kappa shape index (κ1) is 15.7. The molecule has 5 nitrogen and oxygen atoms in total. The first-order valence-electron chi connectivity index (χ1n) is 7.98. The summed E-state index contributed by atoms with van der Waals surface area (Å²) in [6.45, 7) is 11.0. The van der Waals surface area contributed by atoms with E-state index in [4.69, 9.17) is 0 Å². The van der Waals surface area contributed by atoms with Crippen LogP contribution in [0.5, 0.6) is 0 Å². The molecule has 0 aromatic rings. The van der Waals surface area contributed by atoms with Crippen LogP contribution >= 0.6 is 0 Å². The molecule has 5 heteroatoms. The topological polar surface area (TPSA) is 47.0 Å². The number of aliphatic hydroxyl groups is 1. The molecule has 116 valence electrons. The smallest absolute Gasteiger partial charge is 0.222 e. The maximum Gasteiger partial charge on any atom is 0.222 e. The second-order valence-electron chi connectivity index (χ2n) is 6.33. The first-order chi connectivity index (χ1) is 9.56. The van der Waals surface area contributed by atoms with Gasteiger partial charge in [-0.25, -0.2) is 0 Å². The quantitative estimate of drug-likeness (QED) is 0.766. The second kappa shape index (κ2) is 7.38. The van der Waals surface area contributed by atoms with E-state index in [1.807, 2.05) is 11.8 Å². The molecule has 20 heavy (non-hydrogen) atoms. The number of likely N-dealkylation sites (tertiary alicyclic amines) is 1. The third-order valence-corrected chi connectivity index (χ3v) is 4.42. The number of β-amino-alcohol motifs (C(OH)–C–C–N with tert-alkyl or cyclic N) is 1. The standard InChI is InChI=1S/C15H29N3O2/c1-13-11-16(9-10-18(13)12-14(2)19)6-4-8-17-7-3-5-15(17)20/h13-14,19H,3-12H2,1-2H3/t13-,14-/m0/s1. The van der Waals surface area contributed by atoms with Gasteiger partial charge in [0, 0.05) is 51.7 Å². The van der Waals surface area contributed by atoms with E-state index in [2.05, 4.69) is 16.7 Å². The summed E-state index contributed by atoms with van der Waals surface area (Å²) in [5, 5.41) is 9.48. The Kier molecular flexibility index (Phi) is 5.81. The fourth-order valence-corrected chi connectivity index (χ4v) is 3.31. The molecular weight excluding hydrogens is 254 g/mol. The Hall–Kier alpha value is -0.650. The van der Waals surface area contributed by atoms with Crippen LogP contribution in [0.25, 0.3) is 0 Å². The third-order valence-electron chi connectivity index (χ3n) is 4.42. The first-order valence-corrected chi connectivity index (χ1v) is 7.98. The number of amides is 1. The molecule has 1 amide bonds. The summed E-state index contributed by atoms with van der Waals surface area (Å²) in [5.41, 5.74) is 0. The molecule has 0 aromatic carbocycles. The summed E-state index contributed by atoms with van der Waals surface area (Å²) in [4.78, 5) is 18.4. The molecule has 2 saturated heterocycles. The van der Waals surface area contributed by atoms with Crippen molar-refractivity contribution in [1.29, 1.82) is 0 Å². The molecule has 2 heterocycles. The highest BCUT2D eigenvalue weighted by Gasteiger charge is 2.24. The maximum absolute atomic E-state index is 11.5. The molecule has 0 aliphatic carbocycles. The summed E-state index contributed by atoms with van der Waals surface area (Å²) >= 11 is 0. The zero-order valence-electron chi connectivity index (χ0n) is 12.9. The lowest BCUT2D eigenvalue weighted by Gasteiger charge is -2.40. The van der Waals surface area contributed by atoms with Crippen LogP contribution < -0.4 is 0 Å². The predicted octanol–water partition coefficient (Wildman–Crippen LogP) is 0.386. The highest BCUT2D eigenvalue weighted by molar-refractivity contribution is 5.77. The van der Waals surface area contributed by atoms with Crippen molar-refractivity contribution >= 4 is 5.91 Å². The Balaban J connectivity index is 1.64. The van der Waals surface area contributed by atoms with Crippen LogP contribution in [0.15, 0.2) is 0 Å². The molecule has 2 aliphatic rings. The van der Waals surface area contributed by atoms with Crippen LogP contribution in [0.3, 0.4) is 0 Å². The van der Waals surface area contributed by atoms with Crippen LogP contribution in [0.1, 0.15) is 33.1 Å². The van der Waals surface area contributed by atoms with Gasteiger partial charge in [-0.2, -0.15) is 0 Å². The van der Waals surface area contributed by atoms with E-state index in [9.17, 15) is 9.90 Å². The average molecular weight is 283 g/mol. The van der Waals surface area contributed by atoms with Crippen molar-refractivity contribution in [3.05, 3.63) is 0 Å². The van der Waals surface area contributed by atoms with Gasteiger partial charge < -0.3 is 14.9 Å². The number of hydrogen-bond acceptors (Lipinski definition) is 4. The SMILES string of the molecule is C[C@H](O)CN1CCN(CCCN2CCCC2=O)C[C@@H]1C. The lowest BCUT2D eigenvalue weighted by Crippen LogP contribution is -2.53. The Morgan fingerprint density at radius 3 is 2.70 bits per heavy atom. The highest BCUT2D eigenvalue weighted by atomic mass is 16.3. The molecule has 0 spiro atoms. The lowest BCUT2D eigenvalue weighted by molar-refractivity contribution is -0.127. The van der Waals surface area contributed by atoms with Gasteiger partial charge in [0.05, 0.1) is 6.10 Å². The molecule has 2 rings (SSSR count). The number of piperazine rings is 1. The molecule has 1 N–H and O–H groups in total. The maximum atomic E-state index is 11.5. The predicted molar refractivity (Wildman–Crippen MR) is 79.6 cm³/mol. The zero-order chi connectivity index (χ0) is 14.5. The van der Waals surface area contributed by atoms with Gasteiger partial charge in [-0.15, -0.1) is 0 Å². The summed E-state index contributed by atoms with van der Waals surface area (Å²) < 4.78 is 0. The number of rotatable bonds is 6. The Morgan fingerprint density at radius 2 is 2.10 bits per heavy atom. The number of carbonyl (C=O) groups excluding carboxylic acids is 1. The van der Waals surface area contributed by atoms with Gasteiger partial charge in [0.25, 0.3) is 0 Å². The van der Waals surface area contributed by atoms with Gasteiger partial charge in [-0.1, -0.05) is 0 Å². The number of nitrogens with zero attached hydrogens (tertiary/aromatic N) is 3. The van der Waals surface area contributed by atoms with E-state index in [1.54, 1.807) is 0 Å². The van der Waals surface area contributed by atoms with Crippen LogP contribution in [0.2, 0.25) is 0 Å². The van der Waals surface area contributed by atoms with Crippen molar-refractivity contribution in [2.45, 2.75) is 45.3 Å². The zero-order valence-corrected chi connectivity index (χ0v) is 12.9. The Morgan fingerprint density at radius 1 is 1.30 bits per heavy atom. The molecule has 0 radical (unpaired) electrons. The summed E-state index contributed by atoms with van der Waals surface area (Å²) in [6.07, 6.45) is 2.61. The van der Waals surface area contributed by atoms with Gasteiger partial charge in [0.1, 0.15) is 0 Å². The lowest BCUT2D eigenvalue weighted by atomic mass is 10.1. The van der Waals surface area contributed by atoms with E-state index in [0.29, 0.717) is 11.9 Å². The third kappa shape index (κ3) is 4.43. The Labute approximate surface area is 122 Å². The van der Waals surface area contributed by atoms with Crippen molar-refractivity contribution < 1.29 is 9.90 Å². The van der Waals surface area contributed by atoms with E-state index < -0.39 is 0 Å². The summed E-state index contributed by atoms with van der Waals surface area (Å²) in [6, 6.07) is 0.506. The monoisotopic (exact) mass is 283 g/mol. The highest BCUT2D eigenvalue weighted by Crippen LogP contribution is 2.12. The van der Waals surface area contributed by atoms with Gasteiger partial charge in [-0.05, 0) is 33.2 Å². The molecule has 0 aromatic heterocycles. The fraction of sp³-hybridized carbons (Fsp3) is 0.933. The molecule has 0 bridgehead atoms. The minimum atomic E-state index is -0.245. The fourth-order valence-electron chi connectivity index (χ4n) is 3.31. The number of hydrogen-bond donors (Lipinski definition) is 1. The van der Waals surface area contributed by atoms with Gasteiger partial charge in [0.15, 0.2) is 0 Å². The molecule has 2 fully saturated rings. The molecule has 0 unspecified atom stereocenters. The average Bonchev–Trinajstić information content (AvgIpc) is 2.78. The van der Waals surface area contributed by atoms with Crippen molar-refractivity contribution in [2.75, 3.05) is 45.8 Å². The van der Waals surface area contributed by atoms with Crippen molar-refractivity contribution in [3.8, 4) is 0 Å². The summed E-state index contributed by atoms with van der Waals surface area (Å²) in [5.74, 6) is 0.333. The minimum absolute atomic E-state index is 0.245. The van der Waals surface area contributed by atoms with E-state index >= 15 is 0 Å². The minimum Gasteiger partial charge on any atom is -0.392 e. The van der Waals surface area contributed by atoms with Crippen LogP contribution in [0, 0.1) is 0 Å². The Bertz CT molecular complexity index is 322. The van der Waals surface area contributed by atoms with Crippen LogP contribution in [-0.2, 0) is 4.79 Å². The van der Waals surface area contributed by atoms with Crippen LogP contribution in [-0.4, -0.2) is 83.7 Å².